The molecule has 0 unspecified atom stereocenters. The third-order valence-electron chi connectivity index (χ3n) is 6.81. The molecule has 3 aromatic rings. The Kier molecular flexibility index (Phi) is 7.50. The summed E-state index contributed by atoms with van der Waals surface area (Å²) in [6, 6.07) is 7.94. The van der Waals surface area contributed by atoms with Crippen molar-refractivity contribution in [3.8, 4) is 22.6 Å². The highest BCUT2D eigenvalue weighted by Gasteiger charge is 2.40. The van der Waals surface area contributed by atoms with E-state index in [4.69, 9.17) is 19.4 Å². The molecule has 2 N–H and O–H groups in total. The number of nitrogens with zero attached hydrogens (tertiary/aromatic N) is 5. The zero-order chi connectivity index (χ0) is 26.7. The quantitative estimate of drug-likeness (QED) is 0.457. The highest BCUT2D eigenvalue weighted by Crippen LogP contribution is 2.35. The van der Waals surface area contributed by atoms with Gasteiger partial charge in [-0.2, -0.15) is 0 Å². The maximum Gasteiger partial charge on any atom is 0.230 e. The predicted octanol–water partition coefficient (Wildman–Crippen LogP) is 2.78. The number of anilines is 1. The van der Waals surface area contributed by atoms with Gasteiger partial charge in [0.15, 0.2) is 5.82 Å². The zero-order valence-corrected chi connectivity index (χ0v) is 21.6. The second-order valence-electron chi connectivity index (χ2n) is 9.90. The molecule has 2 fully saturated rings. The van der Waals surface area contributed by atoms with E-state index in [9.17, 15) is 9.18 Å². The van der Waals surface area contributed by atoms with E-state index < -0.39 is 11.7 Å². The number of ether oxygens (including phenoxy) is 2. The van der Waals surface area contributed by atoms with Gasteiger partial charge in [0.25, 0.3) is 0 Å². The van der Waals surface area contributed by atoms with E-state index in [2.05, 4.69) is 38.7 Å². The molecule has 0 spiro atoms. The summed E-state index contributed by atoms with van der Waals surface area (Å²) in [6.45, 7) is 9.64. The summed E-state index contributed by atoms with van der Waals surface area (Å²) >= 11 is 0. The van der Waals surface area contributed by atoms with Crippen molar-refractivity contribution in [1.82, 2.24) is 30.2 Å². The molecule has 2 aliphatic heterocycles. The number of carbonyl (C=O) groups excluding carboxylic acids is 1. The number of nitrogens with one attached hydrogen (secondary N) is 2. The normalized spacial score (nSPS) is 22.3. The number of halogens is 1. The standard InChI is InChI=1S/C27H32FN7O3/c1-4-10-29-25(36)27(2)16-37-24(38-17-27)23-32-21(18-5-7-19(28)8-6-18)22(33-23)20-9-11-30-26(31-20)35-14-12-34(3)13-15-35/h4-9,11,24H,1,10,12-17H2,2-3H3,(H,29,36)(H,32,33). The molecule has 11 heteroatoms. The zero-order valence-electron chi connectivity index (χ0n) is 21.6. The maximum atomic E-state index is 13.7. The Morgan fingerprint density at radius 1 is 1.18 bits per heavy atom. The van der Waals surface area contributed by atoms with E-state index in [-0.39, 0.29) is 24.9 Å². The van der Waals surface area contributed by atoms with Gasteiger partial charge >= 0.3 is 0 Å². The summed E-state index contributed by atoms with van der Waals surface area (Å²) in [6.07, 6.45) is 2.55. The SMILES string of the molecule is C=CCNC(=O)C1(C)COC(c2nc(-c3ccc(F)cc3)c(-c3ccnc(N4CCN(C)CC4)n3)[nH]2)OC1. The van der Waals surface area contributed by atoms with E-state index >= 15 is 0 Å². The average molecular weight is 522 g/mol. The summed E-state index contributed by atoms with van der Waals surface area (Å²) in [5.41, 5.74) is 1.77. The largest absolute Gasteiger partial charge is 0.352 e. The van der Waals surface area contributed by atoms with Gasteiger partial charge in [0.1, 0.15) is 5.82 Å². The molecule has 200 valence electrons. The Morgan fingerprint density at radius 2 is 1.89 bits per heavy atom. The first-order valence-corrected chi connectivity index (χ1v) is 12.6. The van der Waals surface area contributed by atoms with E-state index in [1.54, 1.807) is 31.3 Å². The van der Waals surface area contributed by atoms with Crippen molar-refractivity contribution in [2.24, 2.45) is 5.41 Å². The van der Waals surface area contributed by atoms with E-state index in [0.29, 0.717) is 41.0 Å². The molecule has 38 heavy (non-hydrogen) atoms. The number of carbonyl (C=O) groups is 1. The number of H-pyrrole nitrogens is 1. The minimum Gasteiger partial charge on any atom is -0.352 e. The molecule has 1 amide bonds. The van der Waals surface area contributed by atoms with Gasteiger partial charge in [0.2, 0.25) is 18.1 Å². The fourth-order valence-corrected chi connectivity index (χ4v) is 4.43. The predicted molar refractivity (Wildman–Crippen MR) is 141 cm³/mol. The second kappa shape index (κ2) is 11.0. The first kappa shape index (κ1) is 26.0. The van der Waals surface area contributed by atoms with Gasteiger partial charge < -0.3 is 29.6 Å². The number of hydrogen-bond acceptors (Lipinski definition) is 8. The molecule has 0 saturated carbocycles. The lowest BCUT2D eigenvalue weighted by Crippen LogP contribution is -2.48. The smallest absolute Gasteiger partial charge is 0.230 e. The van der Waals surface area contributed by atoms with Crippen molar-refractivity contribution in [3.05, 3.63) is 60.8 Å². The van der Waals surface area contributed by atoms with Crippen molar-refractivity contribution in [3.63, 3.8) is 0 Å². The number of benzene rings is 1. The molecule has 0 aliphatic carbocycles. The topological polar surface area (TPSA) is 108 Å². The number of piperazine rings is 1. The number of likely N-dealkylation sites (N-methyl/N-ethyl adjacent to an activating group) is 1. The van der Waals surface area contributed by atoms with Crippen LogP contribution in [0.25, 0.3) is 22.6 Å². The number of aromatic amines is 1. The van der Waals surface area contributed by atoms with Crippen LogP contribution >= 0.6 is 0 Å². The van der Waals surface area contributed by atoms with Gasteiger partial charge in [-0.15, -0.1) is 6.58 Å². The number of amides is 1. The van der Waals surface area contributed by atoms with Crippen LogP contribution in [0.3, 0.4) is 0 Å². The maximum absolute atomic E-state index is 13.7. The lowest BCUT2D eigenvalue weighted by Gasteiger charge is -2.35. The molecule has 10 nitrogen and oxygen atoms in total. The van der Waals surface area contributed by atoms with Gasteiger partial charge in [-0.05, 0) is 44.3 Å². The summed E-state index contributed by atoms with van der Waals surface area (Å²) in [5.74, 6) is 0.578. The van der Waals surface area contributed by atoms with Crippen molar-refractivity contribution in [1.29, 1.82) is 0 Å². The van der Waals surface area contributed by atoms with Gasteiger partial charge in [-0.1, -0.05) is 6.08 Å². The first-order chi connectivity index (χ1) is 18.4. The van der Waals surface area contributed by atoms with Crippen LogP contribution in [0.1, 0.15) is 19.0 Å². The van der Waals surface area contributed by atoms with Crippen LogP contribution in [0.4, 0.5) is 10.3 Å². The van der Waals surface area contributed by atoms with Crippen LogP contribution in [0, 0.1) is 11.2 Å². The van der Waals surface area contributed by atoms with Crippen molar-refractivity contribution >= 4 is 11.9 Å². The number of rotatable bonds is 7. The Morgan fingerprint density at radius 3 is 2.58 bits per heavy atom. The van der Waals surface area contributed by atoms with Gasteiger partial charge in [0, 0.05) is 44.5 Å². The Hall–Kier alpha value is -3.67. The molecule has 2 aliphatic rings. The minimum atomic E-state index is -0.835. The Labute approximate surface area is 220 Å². The molecule has 0 atom stereocenters. The molecule has 4 heterocycles. The van der Waals surface area contributed by atoms with Crippen molar-refractivity contribution < 1.29 is 18.7 Å². The van der Waals surface area contributed by atoms with Crippen LogP contribution in [-0.2, 0) is 14.3 Å². The summed E-state index contributed by atoms with van der Waals surface area (Å²) in [7, 11) is 2.10. The second-order valence-corrected chi connectivity index (χ2v) is 9.90. The third-order valence-corrected chi connectivity index (χ3v) is 6.81. The summed E-state index contributed by atoms with van der Waals surface area (Å²) in [5, 5.41) is 2.80. The average Bonchev–Trinajstić information content (AvgIpc) is 3.38. The molecule has 0 radical (unpaired) electrons. The lowest BCUT2D eigenvalue weighted by molar-refractivity contribution is -0.230. The van der Waals surface area contributed by atoms with Crippen LogP contribution < -0.4 is 10.2 Å². The van der Waals surface area contributed by atoms with Gasteiger partial charge in [0.05, 0.1) is 35.7 Å². The van der Waals surface area contributed by atoms with Crippen LogP contribution in [-0.4, -0.2) is 83.7 Å². The molecular weight excluding hydrogens is 489 g/mol. The van der Waals surface area contributed by atoms with Gasteiger partial charge in [-0.25, -0.2) is 19.3 Å². The van der Waals surface area contributed by atoms with E-state index in [1.807, 2.05) is 6.07 Å². The van der Waals surface area contributed by atoms with Crippen molar-refractivity contribution in [2.45, 2.75) is 13.2 Å². The summed E-state index contributed by atoms with van der Waals surface area (Å²) in [4.78, 5) is 34.4. The van der Waals surface area contributed by atoms with E-state index in [0.717, 1.165) is 26.2 Å². The Bertz CT molecular complexity index is 1280. The highest BCUT2D eigenvalue weighted by molar-refractivity contribution is 5.82. The molecular formula is C27H32FN7O3. The highest BCUT2D eigenvalue weighted by atomic mass is 19.1. The molecule has 2 aromatic heterocycles. The first-order valence-electron chi connectivity index (χ1n) is 12.6. The fourth-order valence-electron chi connectivity index (χ4n) is 4.43. The lowest BCUT2D eigenvalue weighted by atomic mass is 9.91. The monoisotopic (exact) mass is 521 g/mol. The minimum absolute atomic E-state index is 0.156. The summed E-state index contributed by atoms with van der Waals surface area (Å²) < 4.78 is 25.6. The van der Waals surface area contributed by atoms with Gasteiger partial charge in [-0.3, -0.25) is 4.79 Å². The Balaban J connectivity index is 1.44. The third kappa shape index (κ3) is 5.45. The molecule has 1 aromatic carbocycles. The van der Waals surface area contributed by atoms with E-state index in [1.165, 1.54) is 12.1 Å². The number of imidazole rings is 1. The number of hydrogen-bond donors (Lipinski definition) is 2. The fraction of sp³-hybridized carbons (Fsp3) is 0.407. The molecule has 2 saturated heterocycles. The number of aromatic nitrogens is 4. The molecule has 5 rings (SSSR count). The van der Waals surface area contributed by atoms with Crippen LogP contribution in [0.5, 0.6) is 0 Å². The van der Waals surface area contributed by atoms with Crippen LogP contribution in [0.15, 0.2) is 49.2 Å². The van der Waals surface area contributed by atoms with Crippen LogP contribution in [0.2, 0.25) is 0 Å². The van der Waals surface area contributed by atoms with Crippen molar-refractivity contribution in [2.75, 3.05) is 57.9 Å². The molecule has 0 bridgehead atoms.